The van der Waals surface area contributed by atoms with Crippen LogP contribution in [0.3, 0.4) is 0 Å². The van der Waals surface area contributed by atoms with E-state index in [1.807, 2.05) is 55.4 Å². The van der Waals surface area contributed by atoms with Crippen molar-refractivity contribution in [3.63, 3.8) is 0 Å². The lowest BCUT2D eigenvalue weighted by Crippen LogP contribution is -2.28. The molecule has 0 aliphatic heterocycles. The van der Waals surface area contributed by atoms with Crippen molar-refractivity contribution in [3.8, 4) is 5.75 Å². The predicted molar refractivity (Wildman–Crippen MR) is 100 cm³/mol. The van der Waals surface area contributed by atoms with E-state index in [1.165, 1.54) is 5.56 Å². The molecule has 5 heteroatoms. The third-order valence-electron chi connectivity index (χ3n) is 4.42. The first-order valence-electron chi connectivity index (χ1n) is 8.50. The van der Waals surface area contributed by atoms with Crippen LogP contribution >= 0.6 is 11.6 Å². The van der Waals surface area contributed by atoms with Gasteiger partial charge in [0.2, 0.25) is 0 Å². The standard InChI is InChI=1S/C20H23ClN2O2/c1-23(2)11-12-25-19-6-4-3-5-17(19)20(24)22-18-10-7-14-13-15(21)8-9-16(14)18/h3-6,8-9,13,18H,7,10-12H2,1-2H3,(H,22,24). The first-order chi connectivity index (χ1) is 12.0. The molecule has 1 aliphatic rings. The number of carbonyl (C=O) groups excluding carboxylic acids is 1. The number of nitrogens with zero attached hydrogens (tertiary/aromatic N) is 1. The van der Waals surface area contributed by atoms with E-state index >= 15 is 0 Å². The Morgan fingerprint density at radius 3 is 2.88 bits per heavy atom. The van der Waals surface area contributed by atoms with Gasteiger partial charge < -0.3 is 15.0 Å². The van der Waals surface area contributed by atoms with Crippen molar-refractivity contribution in [2.45, 2.75) is 18.9 Å². The molecule has 132 valence electrons. The average Bonchev–Trinajstić information content (AvgIpc) is 2.97. The lowest BCUT2D eigenvalue weighted by Gasteiger charge is -2.17. The smallest absolute Gasteiger partial charge is 0.255 e. The van der Waals surface area contributed by atoms with Gasteiger partial charge in [-0.15, -0.1) is 0 Å². The molecular weight excluding hydrogens is 336 g/mol. The Hall–Kier alpha value is -2.04. The zero-order valence-electron chi connectivity index (χ0n) is 14.6. The van der Waals surface area contributed by atoms with Crippen LogP contribution in [0.1, 0.15) is 33.9 Å². The molecule has 1 N–H and O–H groups in total. The first-order valence-corrected chi connectivity index (χ1v) is 8.88. The van der Waals surface area contributed by atoms with Crippen molar-refractivity contribution in [3.05, 3.63) is 64.2 Å². The fourth-order valence-electron chi connectivity index (χ4n) is 3.09. The molecule has 1 atom stereocenters. The highest BCUT2D eigenvalue weighted by Crippen LogP contribution is 2.33. The number of fused-ring (bicyclic) bond motifs is 1. The zero-order valence-corrected chi connectivity index (χ0v) is 15.3. The molecule has 2 aromatic rings. The summed E-state index contributed by atoms with van der Waals surface area (Å²) in [6.07, 6.45) is 1.83. The molecule has 0 aromatic heterocycles. The number of amides is 1. The minimum absolute atomic E-state index is 0.0228. The van der Waals surface area contributed by atoms with E-state index < -0.39 is 0 Å². The molecule has 0 bridgehead atoms. The number of ether oxygens (including phenoxy) is 1. The van der Waals surface area contributed by atoms with Gasteiger partial charge in [0, 0.05) is 11.6 Å². The molecule has 3 rings (SSSR count). The minimum Gasteiger partial charge on any atom is -0.491 e. The fraction of sp³-hybridized carbons (Fsp3) is 0.350. The zero-order chi connectivity index (χ0) is 17.8. The van der Waals surface area contributed by atoms with Crippen molar-refractivity contribution in [2.75, 3.05) is 27.2 Å². The summed E-state index contributed by atoms with van der Waals surface area (Å²) >= 11 is 6.06. The topological polar surface area (TPSA) is 41.6 Å². The minimum atomic E-state index is -0.103. The summed E-state index contributed by atoms with van der Waals surface area (Å²) in [5.41, 5.74) is 2.95. The highest BCUT2D eigenvalue weighted by atomic mass is 35.5. The Kier molecular flexibility index (Phi) is 5.61. The molecular formula is C20H23ClN2O2. The fourth-order valence-corrected chi connectivity index (χ4v) is 3.28. The van der Waals surface area contributed by atoms with Gasteiger partial charge in [-0.2, -0.15) is 0 Å². The molecule has 25 heavy (non-hydrogen) atoms. The maximum absolute atomic E-state index is 12.8. The van der Waals surface area contributed by atoms with Gasteiger partial charge in [-0.25, -0.2) is 0 Å². The van der Waals surface area contributed by atoms with Crippen LogP contribution in [0.2, 0.25) is 5.02 Å². The highest BCUT2D eigenvalue weighted by Gasteiger charge is 2.25. The van der Waals surface area contributed by atoms with Crippen molar-refractivity contribution in [2.24, 2.45) is 0 Å². The van der Waals surface area contributed by atoms with Crippen molar-refractivity contribution < 1.29 is 9.53 Å². The van der Waals surface area contributed by atoms with Gasteiger partial charge in [0.05, 0.1) is 11.6 Å². The van der Waals surface area contributed by atoms with Gasteiger partial charge in [0.25, 0.3) is 5.91 Å². The number of hydrogen-bond donors (Lipinski definition) is 1. The van der Waals surface area contributed by atoms with Crippen LogP contribution in [0.15, 0.2) is 42.5 Å². The summed E-state index contributed by atoms with van der Waals surface area (Å²) < 4.78 is 5.80. The molecule has 0 fully saturated rings. The number of likely N-dealkylation sites (N-methyl/N-ethyl adjacent to an activating group) is 1. The molecule has 0 spiro atoms. The monoisotopic (exact) mass is 358 g/mol. The Morgan fingerprint density at radius 2 is 2.08 bits per heavy atom. The van der Waals surface area contributed by atoms with Crippen LogP contribution in [0.5, 0.6) is 5.75 Å². The Bertz CT molecular complexity index is 761. The van der Waals surface area contributed by atoms with E-state index in [0.717, 1.165) is 30.0 Å². The summed E-state index contributed by atoms with van der Waals surface area (Å²) in [6, 6.07) is 13.3. The van der Waals surface area contributed by atoms with E-state index in [4.69, 9.17) is 16.3 Å². The normalized spacial score (nSPS) is 15.9. The van der Waals surface area contributed by atoms with Gasteiger partial charge in [-0.05, 0) is 62.3 Å². The molecule has 0 saturated carbocycles. The van der Waals surface area contributed by atoms with E-state index in [0.29, 0.717) is 17.9 Å². The highest BCUT2D eigenvalue weighted by molar-refractivity contribution is 6.30. The second-order valence-corrected chi connectivity index (χ2v) is 6.99. The maximum Gasteiger partial charge on any atom is 0.255 e. The number of para-hydroxylation sites is 1. The summed E-state index contributed by atoms with van der Waals surface area (Å²) in [6.45, 7) is 1.34. The summed E-state index contributed by atoms with van der Waals surface area (Å²) in [4.78, 5) is 14.8. The number of rotatable bonds is 6. The summed E-state index contributed by atoms with van der Waals surface area (Å²) in [5, 5.41) is 3.88. The van der Waals surface area contributed by atoms with E-state index in [-0.39, 0.29) is 11.9 Å². The van der Waals surface area contributed by atoms with Crippen molar-refractivity contribution in [1.82, 2.24) is 10.2 Å². The number of aryl methyl sites for hydroxylation is 1. The van der Waals surface area contributed by atoms with Crippen LogP contribution in [0, 0.1) is 0 Å². The van der Waals surface area contributed by atoms with Crippen LogP contribution in [0.4, 0.5) is 0 Å². The van der Waals surface area contributed by atoms with Gasteiger partial charge >= 0.3 is 0 Å². The third-order valence-corrected chi connectivity index (χ3v) is 4.65. The van der Waals surface area contributed by atoms with E-state index in [2.05, 4.69) is 5.32 Å². The molecule has 0 radical (unpaired) electrons. The van der Waals surface area contributed by atoms with Crippen LogP contribution < -0.4 is 10.1 Å². The Balaban J connectivity index is 1.70. The SMILES string of the molecule is CN(C)CCOc1ccccc1C(=O)NC1CCc2cc(Cl)ccc21. The van der Waals surface area contributed by atoms with Gasteiger partial charge in [0.15, 0.2) is 0 Å². The number of benzene rings is 2. The average molecular weight is 359 g/mol. The number of halogens is 1. The van der Waals surface area contributed by atoms with Crippen LogP contribution in [0.25, 0.3) is 0 Å². The lowest BCUT2D eigenvalue weighted by atomic mass is 10.1. The Morgan fingerprint density at radius 1 is 1.28 bits per heavy atom. The van der Waals surface area contributed by atoms with Crippen LogP contribution in [-0.2, 0) is 6.42 Å². The number of carbonyl (C=O) groups is 1. The second-order valence-electron chi connectivity index (χ2n) is 6.56. The molecule has 1 amide bonds. The molecule has 1 aliphatic carbocycles. The Labute approximate surface area is 153 Å². The van der Waals surface area contributed by atoms with Gasteiger partial charge in [0.1, 0.15) is 12.4 Å². The van der Waals surface area contributed by atoms with Gasteiger partial charge in [-0.1, -0.05) is 29.8 Å². The number of hydrogen-bond acceptors (Lipinski definition) is 3. The molecule has 0 heterocycles. The molecule has 2 aromatic carbocycles. The van der Waals surface area contributed by atoms with Crippen LogP contribution in [-0.4, -0.2) is 38.1 Å². The van der Waals surface area contributed by atoms with E-state index in [9.17, 15) is 4.79 Å². The summed E-state index contributed by atoms with van der Waals surface area (Å²) in [5.74, 6) is 0.518. The summed E-state index contributed by atoms with van der Waals surface area (Å²) in [7, 11) is 3.98. The molecule has 0 saturated heterocycles. The molecule has 4 nitrogen and oxygen atoms in total. The maximum atomic E-state index is 12.8. The first kappa shape index (κ1) is 17.8. The number of nitrogens with one attached hydrogen (secondary N) is 1. The largest absolute Gasteiger partial charge is 0.491 e. The third kappa shape index (κ3) is 4.33. The van der Waals surface area contributed by atoms with Crippen molar-refractivity contribution >= 4 is 17.5 Å². The van der Waals surface area contributed by atoms with Gasteiger partial charge in [-0.3, -0.25) is 4.79 Å². The molecule has 1 unspecified atom stereocenters. The lowest BCUT2D eigenvalue weighted by molar-refractivity contribution is 0.0932. The van der Waals surface area contributed by atoms with E-state index in [1.54, 1.807) is 6.07 Å². The van der Waals surface area contributed by atoms with Crippen molar-refractivity contribution in [1.29, 1.82) is 0 Å². The quantitative estimate of drug-likeness (QED) is 0.856. The second kappa shape index (κ2) is 7.89. The predicted octanol–water partition coefficient (Wildman–Crippen LogP) is 3.70.